The molecule has 2 atom stereocenters. The predicted octanol–water partition coefficient (Wildman–Crippen LogP) is 1.58. The number of carboxylic acids is 1. The van der Waals surface area contributed by atoms with Crippen LogP contribution in [-0.2, 0) is 0 Å². The Morgan fingerprint density at radius 1 is 1.44 bits per heavy atom. The van der Waals surface area contributed by atoms with Gasteiger partial charge >= 0.3 is 5.97 Å². The number of carboxylic acid groups (broad SMARTS) is 1. The van der Waals surface area contributed by atoms with Crippen LogP contribution < -0.4 is 5.32 Å². The van der Waals surface area contributed by atoms with Gasteiger partial charge < -0.3 is 19.9 Å². The Balaban J connectivity index is 1.87. The Labute approximate surface area is 105 Å². The number of anilines is 1. The number of aliphatic hydroxyl groups excluding tert-OH is 1. The first-order valence-electron chi connectivity index (χ1n) is 6.24. The standard InChI is InChI=1S/C12H18N2O4/c15-6-9-4-2-1-3-8(9)5-13-12-14-10(7-18-12)11(16)17/h7-9,15H,1-6H2,(H,13,14)(H,16,17). The molecule has 0 spiro atoms. The first-order chi connectivity index (χ1) is 8.70. The van der Waals surface area contributed by atoms with Crippen molar-refractivity contribution >= 4 is 12.0 Å². The predicted molar refractivity (Wildman–Crippen MR) is 64.5 cm³/mol. The molecule has 1 saturated carbocycles. The molecule has 1 fully saturated rings. The Kier molecular flexibility index (Phi) is 4.19. The summed E-state index contributed by atoms with van der Waals surface area (Å²) in [5.41, 5.74) is -0.0974. The fourth-order valence-electron chi connectivity index (χ4n) is 2.47. The molecule has 18 heavy (non-hydrogen) atoms. The average Bonchev–Trinajstić information content (AvgIpc) is 2.85. The van der Waals surface area contributed by atoms with Crippen molar-refractivity contribution < 1.29 is 19.4 Å². The Bertz CT molecular complexity index is 405. The third kappa shape index (κ3) is 3.01. The highest BCUT2D eigenvalue weighted by Crippen LogP contribution is 2.29. The molecule has 0 saturated heterocycles. The van der Waals surface area contributed by atoms with Crippen molar-refractivity contribution in [2.45, 2.75) is 25.7 Å². The first-order valence-corrected chi connectivity index (χ1v) is 6.24. The van der Waals surface area contributed by atoms with E-state index in [9.17, 15) is 9.90 Å². The van der Waals surface area contributed by atoms with Crippen LogP contribution in [0.1, 0.15) is 36.2 Å². The second-order valence-electron chi connectivity index (χ2n) is 4.71. The lowest BCUT2D eigenvalue weighted by atomic mass is 9.80. The van der Waals surface area contributed by atoms with Crippen LogP contribution >= 0.6 is 0 Å². The summed E-state index contributed by atoms with van der Waals surface area (Å²) in [6.07, 6.45) is 5.59. The van der Waals surface area contributed by atoms with Gasteiger partial charge in [-0.05, 0) is 24.7 Å². The molecule has 0 bridgehead atoms. The number of carbonyl (C=O) groups is 1. The van der Waals surface area contributed by atoms with Crippen molar-refractivity contribution in [2.24, 2.45) is 11.8 Å². The SMILES string of the molecule is O=C(O)c1coc(NCC2CCCCC2CO)n1. The van der Waals surface area contributed by atoms with E-state index >= 15 is 0 Å². The van der Waals surface area contributed by atoms with Crippen LogP contribution in [0.3, 0.4) is 0 Å². The fraction of sp³-hybridized carbons (Fsp3) is 0.667. The Hall–Kier alpha value is -1.56. The molecule has 1 heterocycles. The van der Waals surface area contributed by atoms with Crippen molar-refractivity contribution in [2.75, 3.05) is 18.5 Å². The third-order valence-corrected chi connectivity index (χ3v) is 3.54. The van der Waals surface area contributed by atoms with Crippen molar-refractivity contribution in [3.63, 3.8) is 0 Å². The van der Waals surface area contributed by atoms with E-state index < -0.39 is 5.97 Å². The second-order valence-corrected chi connectivity index (χ2v) is 4.71. The van der Waals surface area contributed by atoms with Crippen LogP contribution in [0.5, 0.6) is 0 Å². The maximum atomic E-state index is 10.6. The summed E-state index contributed by atoms with van der Waals surface area (Å²) in [6.45, 7) is 0.864. The van der Waals surface area contributed by atoms with E-state index in [1.54, 1.807) is 0 Å². The number of hydrogen-bond donors (Lipinski definition) is 3. The molecular formula is C12H18N2O4. The van der Waals surface area contributed by atoms with E-state index in [1.807, 2.05) is 0 Å². The summed E-state index contributed by atoms with van der Waals surface area (Å²) in [6, 6.07) is 0.231. The highest BCUT2D eigenvalue weighted by atomic mass is 16.4. The number of hydrogen-bond acceptors (Lipinski definition) is 5. The highest BCUT2D eigenvalue weighted by molar-refractivity contribution is 5.85. The van der Waals surface area contributed by atoms with Crippen LogP contribution in [0.25, 0.3) is 0 Å². The first kappa shape index (κ1) is 12.9. The van der Waals surface area contributed by atoms with Gasteiger partial charge in [-0.15, -0.1) is 0 Å². The number of oxazole rings is 1. The van der Waals surface area contributed by atoms with Crippen molar-refractivity contribution in [3.05, 3.63) is 12.0 Å². The van der Waals surface area contributed by atoms with Gasteiger partial charge in [-0.3, -0.25) is 0 Å². The van der Waals surface area contributed by atoms with Gasteiger partial charge in [-0.2, -0.15) is 4.98 Å². The quantitative estimate of drug-likeness (QED) is 0.738. The second kappa shape index (κ2) is 5.86. The number of aliphatic hydroxyl groups is 1. The van der Waals surface area contributed by atoms with Crippen LogP contribution in [0.15, 0.2) is 10.7 Å². The summed E-state index contributed by atoms with van der Waals surface area (Å²) < 4.78 is 5.02. The molecule has 100 valence electrons. The third-order valence-electron chi connectivity index (χ3n) is 3.54. The number of aromatic nitrogens is 1. The summed E-state index contributed by atoms with van der Waals surface area (Å²) in [5.74, 6) is -0.387. The van der Waals surface area contributed by atoms with E-state index in [1.165, 1.54) is 12.8 Å². The molecule has 0 radical (unpaired) electrons. The van der Waals surface area contributed by atoms with Crippen LogP contribution in [-0.4, -0.2) is 34.3 Å². The molecule has 0 amide bonds. The summed E-state index contributed by atoms with van der Waals surface area (Å²) in [5, 5.41) is 21.0. The molecule has 1 aromatic heterocycles. The maximum Gasteiger partial charge on any atom is 0.357 e. The molecule has 0 aromatic carbocycles. The minimum Gasteiger partial charge on any atom is -0.476 e. The molecule has 2 rings (SSSR count). The summed E-state index contributed by atoms with van der Waals surface area (Å²) in [7, 11) is 0. The van der Waals surface area contributed by atoms with Crippen LogP contribution in [0, 0.1) is 11.8 Å². The minimum absolute atomic E-state index is 0.0974. The van der Waals surface area contributed by atoms with E-state index in [0.717, 1.165) is 19.1 Å². The number of rotatable bonds is 5. The van der Waals surface area contributed by atoms with Gasteiger partial charge in [0.05, 0.1) is 0 Å². The van der Waals surface area contributed by atoms with E-state index in [0.29, 0.717) is 18.4 Å². The Morgan fingerprint density at radius 2 is 2.17 bits per heavy atom. The highest BCUT2D eigenvalue weighted by Gasteiger charge is 2.24. The number of nitrogens with zero attached hydrogens (tertiary/aromatic N) is 1. The lowest BCUT2D eigenvalue weighted by molar-refractivity contribution is 0.0690. The molecular weight excluding hydrogens is 236 g/mol. The van der Waals surface area contributed by atoms with E-state index in [2.05, 4.69) is 10.3 Å². The van der Waals surface area contributed by atoms with Crippen LogP contribution in [0.4, 0.5) is 6.01 Å². The molecule has 1 aliphatic rings. The topological polar surface area (TPSA) is 95.6 Å². The molecule has 6 heteroatoms. The van der Waals surface area contributed by atoms with Crippen molar-refractivity contribution in [3.8, 4) is 0 Å². The summed E-state index contributed by atoms with van der Waals surface area (Å²) >= 11 is 0. The van der Waals surface area contributed by atoms with Gasteiger partial charge in [0.15, 0.2) is 5.69 Å². The molecule has 2 unspecified atom stereocenters. The van der Waals surface area contributed by atoms with Gasteiger partial charge in [0.25, 0.3) is 6.01 Å². The van der Waals surface area contributed by atoms with E-state index in [-0.39, 0.29) is 18.3 Å². The smallest absolute Gasteiger partial charge is 0.357 e. The van der Waals surface area contributed by atoms with Gasteiger partial charge in [0.1, 0.15) is 6.26 Å². The number of nitrogens with one attached hydrogen (secondary N) is 1. The molecule has 1 aromatic rings. The van der Waals surface area contributed by atoms with Gasteiger partial charge in [-0.25, -0.2) is 4.79 Å². The van der Waals surface area contributed by atoms with E-state index in [4.69, 9.17) is 9.52 Å². The Morgan fingerprint density at radius 3 is 2.78 bits per heavy atom. The van der Waals surface area contributed by atoms with Crippen molar-refractivity contribution in [1.29, 1.82) is 0 Å². The maximum absolute atomic E-state index is 10.6. The number of aromatic carboxylic acids is 1. The molecule has 3 N–H and O–H groups in total. The molecule has 1 aliphatic carbocycles. The van der Waals surface area contributed by atoms with Gasteiger partial charge in [-0.1, -0.05) is 12.8 Å². The van der Waals surface area contributed by atoms with Crippen molar-refractivity contribution in [1.82, 2.24) is 4.98 Å². The molecule has 6 nitrogen and oxygen atoms in total. The normalized spacial score (nSPS) is 23.8. The average molecular weight is 254 g/mol. The van der Waals surface area contributed by atoms with Gasteiger partial charge in [0, 0.05) is 13.2 Å². The zero-order valence-electron chi connectivity index (χ0n) is 10.1. The van der Waals surface area contributed by atoms with Gasteiger partial charge in [0.2, 0.25) is 0 Å². The lowest BCUT2D eigenvalue weighted by Crippen LogP contribution is -2.28. The zero-order chi connectivity index (χ0) is 13.0. The fourth-order valence-corrected chi connectivity index (χ4v) is 2.47. The molecule has 0 aliphatic heterocycles. The monoisotopic (exact) mass is 254 g/mol. The zero-order valence-corrected chi connectivity index (χ0v) is 10.1. The largest absolute Gasteiger partial charge is 0.476 e. The summed E-state index contributed by atoms with van der Waals surface area (Å²) in [4.78, 5) is 14.4. The lowest BCUT2D eigenvalue weighted by Gasteiger charge is -2.29. The van der Waals surface area contributed by atoms with Crippen LogP contribution in [0.2, 0.25) is 0 Å². The minimum atomic E-state index is -1.10.